The summed E-state index contributed by atoms with van der Waals surface area (Å²) >= 11 is 0. The van der Waals surface area contributed by atoms with Crippen molar-refractivity contribution in [1.82, 2.24) is 5.32 Å². The fourth-order valence-corrected chi connectivity index (χ4v) is 3.58. The van der Waals surface area contributed by atoms with Crippen molar-refractivity contribution in [3.05, 3.63) is 35.9 Å². The number of nitrogens with one attached hydrogen (secondary N) is 1. The fourth-order valence-electron chi connectivity index (χ4n) is 2.69. The highest BCUT2D eigenvalue weighted by Gasteiger charge is 2.26. The van der Waals surface area contributed by atoms with Gasteiger partial charge in [-0.2, -0.15) is 8.42 Å². The molecule has 2 rings (SSSR count). The summed E-state index contributed by atoms with van der Waals surface area (Å²) in [5.74, 6) is -0.577. The van der Waals surface area contributed by atoms with E-state index in [1.54, 1.807) is 0 Å². The number of alkyl carbamates (subject to hydrolysis) is 1. The van der Waals surface area contributed by atoms with E-state index in [0.717, 1.165) is 5.56 Å². The summed E-state index contributed by atoms with van der Waals surface area (Å²) in [6.45, 7) is 0.210. The molecule has 1 aromatic carbocycles. The molecule has 0 saturated heterocycles. The predicted octanol–water partition coefficient (Wildman–Crippen LogP) is 2.77. The van der Waals surface area contributed by atoms with E-state index in [2.05, 4.69) is 5.32 Å². The topological polar surface area (TPSA) is 72.5 Å². The third-order valence-electron chi connectivity index (χ3n) is 3.82. The summed E-state index contributed by atoms with van der Waals surface area (Å²) < 4.78 is 39.0. The minimum absolute atomic E-state index is 0.0400. The summed E-state index contributed by atoms with van der Waals surface area (Å²) in [7, 11) is -4.42. The Balaban J connectivity index is 1.68. The minimum Gasteiger partial charge on any atom is -0.445 e. The molecule has 1 saturated carbocycles. The molecule has 0 unspecified atom stereocenters. The molecule has 0 heterocycles. The standard InChI is InChI=1S/C15H20FNO4S/c16-22(19,20)11-13-6-8-14(9-7-13)17-15(18)21-10-12-4-2-1-3-5-12/h1-5,13-14H,6-11H2,(H,17,18). The van der Waals surface area contributed by atoms with E-state index in [0.29, 0.717) is 25.7 Å². The lowest BCUT2D eigenvalue weighted by atomic mass is 9.87. The van der Waals surface area contributed by atoms with Gasteiger partial charge in [0.25, 0.3) is 0 Å². The van der Waals surface area contributed by atoms with Crippen LogP contribution in [0.5, 0.6) is 0 Å². The molecule has 1 fully saturated rings. The van der Waals surface area contributed by atoms with E-state index in [-0.39, 0.29) is 18.6 Å². The molecule has 1 aliphatic carbocycles. The van der Waals surface area contributed by atoms with Crippen LogP contribution >= 0.6 is 0 Å². The first-order valence-electron chi connectivity index (χ1n) is 7.32. The van der Waals surface area contributed by atoms with E-state index in [1.807, 2.05) is 30.3 Å². The van der Waals surface area contributed by atoms with E-state index in [4.69, 9.17) is 4.74 Å². The Labute approximate surface area is 130 Å². The zero-order valence-electron chi connectivity index (χ0n) is 12.2. The molecule has 0 bridgehead atoms. The number of benzene rings is 1. The third kappa shape index (κ3) is 6.01. The van der Waals surface area contributed by atoms with Crippen LogP contribution in [0.25, 0.3) is 0 Å². The van der Waals surface area contributed by atoms with Gasteiger partial charge in [0.1, 0.15) is 6.61 Å². The van der Waals surface area contributed by atoms with Crippen molar-refractivity contribution in [2.24, 2.45) is 5.92 Å². The number of carbonyl (C=O) groups is 1. The Bertz CT molecular complexity index is 583. The van der Waals surface area contributed by atoms with E-state index < -0.39 is 22.1 Å². The minimum atomic E-state index is -4.42. The Morgan fingerprint density at radius 1 is 1.18 bits per heavy atom. The number of rotatable bonds is 5. The lowest BCUT2D eigenvalue weighted by Gasteiger charge is -2.27. The molecule has 1 N–H and O–H groups in total. The normalized spacial score (nSPS) is 22.0. The molecule has 0 radical (unpaired) electrons. The average Bonchev–Trinajstić information content (AvgIpc) is 2.47. The number of amides is 1. The van der Waals surface area contributed by atoms with Crippen LogP contribution in [0.15, 0.2) is 30.3 Å². The second-order valence-electron chi connectivity index (χ2n) is 5.63. The molecule has 122 valence electrons. The van der Waals surface area contributed by atoms with Gasteiger partial charge in [-0.3, -0.25) is 0 Å². The molecule has 0 aliphatic heterocycles. The SMILES string of the molecule is O=C(NC1CCC(CS(=O)(=O)F)CC1)OCc1ccccc1. The molecule has 7 heteroatoms. The smallest absolute Gasteiger partial charge is 0.407 e. The van der Waals surface area contributed by atoms with Crippen LogP contribution in [0.4, 0.5) is 8.68 Å². The first kappa shape index (κ1) is 16.7. The third-order valence-corrected chi connectivity index (χ3v) is 4.69. The molecule has 0 spiro atoms. The summed E-state index contributed by atoms with van der Waals surface area (Å²) in [6.07, 6.45) is 1.98. The van der Waals surface area contributed by atoms with Crippen LogP contribution in [0.3, 0.4) is 0 Å². The number of halogens is 1. The van der Waals surface area contributed by atoms with Crippen LogP contribution in [0.2, 0.25) is 0 Å². The van der Waals surface area contributed by atoms with E-state index >= 15 is 0 Å². The Kier molecular flexibility index (Phi) is 5.76. The molecule has 1 aliphatic rings. The van der Waals surface area contributed by atoms with Gasteiger partial charge in [-0.25, -0.2) is 4.79 Å². The van der Waals surface area contributed by atoms with E-state index in [9.17, 15) is 17.1 Å². The maximum Gasteiger partial charge on any atom is 0.407 e. The second-order valence-corrected chi connectivity index (χ2v) is 7.04. The number of ether oxygens (including phenoxy) is 1. The number of carbonyl (C=O) groups excluding carboxylic acids is 1. The highest BCUT2D eigenvalue weighted by molar-refractivity contribution is 7.86. The largest absolute Gasteiger partial charge is 0.445 e. The zero-order valence-corrected chi connectivity index (χ0v) is 13.0. The summed E-state index contributed by atoms with van der Waals surface area (Å²) in [4.78, 5) is 11.7. The molecule has 1 aromatic rings. The quantitative estimate of drug-likeness (QED) is 0.843. The van der Waals surface area contributed by atoms with Crippen molar-refractivity contribution < 1.29 is 21.8 Å². The average molecular weight is 329 g/mol. The molecule has 0 atom stereocenters. The van der Waals surface area contributed by atoms with Gasteiger partial charge in [-0.05, 0) is 37.2 Å². The Morgan fingerprint density at radius 3 is 2.41 bits per heavy atom. The van der Waals surface area contributed by atoms with Gasteiger partial charge in [0.2, 0.25) is 0 Å². The van der Waals surface area contributed by atoms with Crippen molar-refractivity contribution in [1.29, 1.82) is 0 Å². The lowest BCUT2D eigenvalue weighted by molar-refractivity contribution is 0.131. The molecule has 1 amide bonds. The highest BCUT2D eigenvalue weighted by Crippen LogP contribution is 2.26. The summed E-state index contributed by atoms with van der Waals surface area (Å²) in [6, 6.07) is 9.33. The first-order chi connectivity index (χ1) is 10.4. The van der Waals surface area contributed by atoms with Gasteiger partial charge in [0.05, 0.1) is 5.75 Å². The van der Waals surface area contributed by atoms with Gasteiger partial charge in [0.15, 0.2) is 0 Å². The summed E-state index contributed by atoms with van der Waals surface area (Å²) in [5.41, 5.74) is 0.912. The van der Waals surface area contributed by atoms with Crippen molar-refractivity contribution in [2.45, 2.75) is 38.3 Å². The molecule has 5 nitrogen and oxygen atoms in total. The fraction of sp³-hybridized carbons (Fsp3) is 0.533. The maximum atomic E-state index is 12.6. The van der Waals surface area contributed by atoms with Crippen LogP contribution in [-0.4, -0.2) is 26.3 Å². The van der Waals surface area contributed by atoms with E-state index in [1.165, 1.54) is 0 Å². The van der Waals surface area contributed by atoms with Crippen molar-refractivity contribution in [2.75, 3.05) is 5.75 Å². The van der Waals surface area contributed by atoms with Crippen LogP contribution in [0.1, 0.15) is 31.2 Å². The van der Waals surface area contributed by atoms with Gasteiger partial charge >= 0.3 is 16.3 Å². The van der Waals surface area contributed by atoms with Gasteiger partial charge in [-0.1, -0.05) is 30.3 Å². The monoisotopic (exact) mass is 329 g/mol. The first-order valence-corrected chi connectivity index (χ1v) is 8.87. The van der Waals surface area contributed by atoms with Gasteiger partial charge < -0.3 is 10.1 Å². The van der Waals surface area contributed by atoms with Crippen LogP contribution < -0.4 is 5.32 Å². The predicted molar refractivity (Wildman–Crippen MR) is 80.4 cm³/mol. The van der Waals surface area contributed by atoms with Crippen molar-refractivity contribution in [3.63, 3.8) is 0 Å². The summed E-state index contributed by atoms with van der Waals surface area (Å²) in [5, 5.41) is 2.77. The van der Waals surface area contributed by atoms with Crippen molar-refractivity contribution in [3.8, 4) is 0 Å². The Hall–Kier alpha value is -1.63. The maximum absolute atomic E-state index is 12.6. The Morgan fingerprint density at radius 2 is 1.82 bits per heavy atom. The van der Waals surface area contributed by atoms with Gasteiger partial charge in [-0.15, -0.1) is 3.89 Å². The van der Waals surface area contributed by atoms with Gasteiger partial charge in [0, 0.05) is 6.04 Å². The molecule has 0 aromatic heterocycles. The number of hydrogen-bond donors (Lipinski definition) is 1. The van der Waals surface area contributed by atoms with Crippen LogP contribution in [0, 0.1) is 5.92 Å². The molecular weight excluding hydrogens is 309 g/mol. The molecule has 22 heavy (non-hydrogen) atoms. The second kappa shape index (κ2) is 7.58. The lowest BCUT2D eigenvalue weighted by Crippen LogP contribution is -2.38. The zero-order chi connectivity index (χ0) is 16.0. The number of hydrogen-bond acceptors (Lipinski definition) is 4. The van der Waals surface area contributed by atoms with Crippen molar-refractivity contribution >= 4 is 16.3 Å². The molecular formula is C15H20FNO4S. The van der Waals surface area contributed by atoms with Crippen LogP contribution in [-0.2, 0) is 21.6 Å². The highest BCUT2D eigenvalue weighted by atomic mass is 32.3.